The molecule has 0 bridgehead atoms. The van der Waals surface area contributed by atoms with Gasteiger partial charge in [-0.3, -0.25) is 4.72 Å². The van der Waals surface area contributed by atoms with E-state index in [1.807, 2.05) is 6.07 Å². The fourth-order valence-corrected chi connectivity index (χ4v) is 2.69. The summed E-state index contributed by atoms with van der Waals surface area (Å²) in [4.78, 5) is 4.22. The third kappa shape index (κ3) is 3.60. The second kappa shape index (κ2) is 5.56. The lowest BCUT2D eigenvalue weighted by Gasteiger charge is -2.13. The molecule has 5 nitrogen and oxygen atoms in total. The van der Waals surface area contributed by atoms with Crippen molar-refractivity contribution in [2.75, 3.05) is 15.8 Å². The highest BCUT2D eigenvalue weighted by Gasteiger charge is 2.14. The van der Waals surface area contributed by atoms with Gasteiger partial charge < -0.3 is 5.32 Å². The van der Waals surface area contributed by atoms with Crippen LogP contribution in [0.1, 0.15) is 32.6 Å². The van der Waals surface area contributed by atoms with Crippen LogP contribution in [0.3, 0.4) is 0 Å². The first-order chi connectivity index (χ1) is 8.59. The maximum Gasteiger partial charge on any atom is 0.232 e. The van der Waals surface area contributed by atoms with Gasteiger partial charge in [-0.1, -0.05) is 12.8 Å². The Bertz CT molecular complexity index is 479. The van der Waals surface area contributed by atoms with Gasteiger partial charge in [0.15, 0.2) is 0 Å². The number of hydrogen-bond donors (Lipinski definition) is 2. The van der Waals surface area contributed by atoms with Crippen LogP contribution in [0.15, 0.2) is 18.3 Å². The first kappa shape index (κ1) is 13.1. The molecule has 100 valence electrons. The first-order valence-corrected chi connectivity index (χ1v) is 7.97. The molecule has 0 radical (unpaired) electrons. The number of sulfonamides is 1. The largest absolute Gasteiger partial charge is 0.367 e. The van der Waals surface area contributed by atoms with Gasteiger partial charge in [0.25, 0.3) is 0 Å². The Morgan fingerprint density at radius 1 is 1.33 bits per heavy atom. The van der Waals surface area contributed by atoms with Gasteiger partial charge >= 0.3 is 0 Å². The van der Waals surface area contributed by atoms with E-state index in [9.17, 15) is 8.42 Å². The zero-order valence-corrected chi connectivity index (χ0v) is 11.3. The number of pyridine rings is 1. The molecule has 1 saturated carbocycles. The summed E-state index contributed by atoms with van der Waals surface area (Å²) in [6, 6.07) is 4.05. The topological polar surface area (TPSA) is 71.1 Å². The van der Waals surface area contributed by atoms with Crippen molar-refractivity contribution in [3.63, 3.8) is 0 Å². The Morgan fingerprint density at radius 3 is 2.61 bits per heavy atom. The van der Waals surface area contributed by atoms with Gasteiger partial charge in [0.05, 0.1) is 17.6 Å². The number of nitrogens with one attached hydrogen (secondary N) is 2. The molecule has 0 spiro atoms. The summed E-state index contributed by atoms with van der Waals surface area (Å²) in [5.41, 5.74) is 0.508. The lowest BCUT2D eigenvalue weighted by atomic mass is 10.2. The van der Waals surface area contributed by atoms with E-state index in [0.29, 0.717) is 11.7 Å². The smallest absolute Gasteiger partial charge is 0.232 e. The van der Waals surface area contributed by atoms with Crippen LogP contribution in [-0.4, -0.2) is 25.2 Å². The van der Waals surface area contributed by atoms with Crippen molar-refractivity contribution in [3.05, 3.63) is 18.3 Å². The Labute approximate surface area is 108 Å². The van der Waals surface area contributed by atoms with E-state index in [4.69, 9.17) is 0 Å². The molecule has 1 aliphatic rings. The van der Waals surface area contributed by atoms with Gasteiger partial charge in [-0.15, -0.1) is 0 Å². The van der Waals surface area contributed by atoms with E-state index in [0.717, 1.165) is 5.82 Å². The Kier molecular flexibility index (Phi) is 4.06. The fourth-order valence-electron chi connectivity index (χ4n) is 2.07. The molecule has 18 heavy (non-hydrogen) atoms. The first-order valence-electron chi connectivity index (χ1n) is 6.32. The van der Waals surface area contributed by atoms with Crippen molar-refractivity contribution in [1.82, 2.24) is 4.98 Å². The maximum atomic E-state index is 11.4. The third-order valence-electron chi connectivity index (χ3n) is 3.12. The van der Waals surface area contributed by atoms with Gasteiger partial charge in [-0.25, -0.2) is 13.4 Å². The van der Waals surface area contributed by atoms with Crippen molar-refractivity contribution in [1.29, 1.82) is 0 Å². The van der Waals surface area contributed by atoms with Crippen LogP contribution in [-0.2, 0) is 10.0 Å². The van der Waals surface area contributed by atoms with Gasteiger partial charge in [-0.2, -0.15) is 0 Å². The molecule has 1 heterocycles. The van der Waals surface area contributed by atoms with Crippen molar-refractivity contribution in [2.24, 2.45) is 0 Å². The molecular weight excluding hydrogens is 250 g/mol. The predicted molar refractivity (Wildman–Crippen MR) is 73.2 cm³/mol. The van der Waals surface area contributed by atoms with Crippen LogP contribution in [0, 0.1) is 0 Å². The average molecular weight is 269 g/mol. The molecule has 0 aromatic carbocycles. The van der Waals surface area contributed by atoms with Crippen molar-refractivity contribution < 1.29 is 8.42 Å². The van der Waals surface area contributed by atoms with E-state index in [1.54, 1.807) is 19.2 Å². The van der Waals surface area contributed by atoms with E-state index in [1.165, 1.54) is 25.7 Å². The van der Waals surface area contributed by atoms with Crippen LogP contribution in [0.2, 0.25) is 0 Å². The molecular formula is C12H19N3O2S. The van der Waals surface area contributed by atoms with E-state index in [-0.39, 0.29) is 5.75 Å². The van der Waals surface area contributed by atoms with Gasteiger partial charge in [0, 0.05) is 6.04 Å². The summed E-state index contributed by atoms with van der Waals surface area (Å²) >= 11 is 0. The summed E-state index contributed by atoms with van der Waals surface area (Å²) in [5, 5.41) is 3.36. The molecule has 2 rings (SSSR count). The minimum atomic E-state index is -3.22. The van der Waals surface area contributed by atoms with Crippen molar-refractivity contribution in [3.8, 4) is 0 Å². The SMILES string of the molecule is CCS(=O)(=O)Nc1ccc(NC2CCCC2)nc1. The van der Waals surface area contributed by atoms with Crippen LogP contribution in [0.5, 0.6) is 0 Å². The second-order valence-corrected chi connectivity index (χ2v) is 6.57. The number of nitrogens with zero attached hydrogens (tertiary/aromatic N) is 1. The van der Waals surface area contributed by atoms with Gasteiger partial charge in [0.2, 0.25) is 10.0 Å². The average Bonchev–Trinajstić information content (AvgIpc) is 2.84. The Balaban J connectivity index is 1.96. The zero-order chi connectivity index (χ0) is 13.0. The van der Waals surface area contributed by atoms with E-state index in [2.05, 4.69) is 15.0 Å². The Morgan fingerprint density at radius 2 is 2.06 bits per heavy atom. The van der Waals surface area contributed by atoms with Gasteiger partial charge in [-0.05, 0) is 31.9 Å². The van der Waals surface area contributed by atoms with Gasteiger partial charge in [0.1, 0.15) is 5.82 Å². The second-order valence-electron chi connectivity index (χ2n) is 4.56. The highest BCUT2D eigenvalue weighted by Crippen LogP contribution is 2.21. The molecule has 1 fully saturated rings. The molecule has 1 aliphatic carbocycles. The molecule has 1 aromatic rings. The highest BCUT2D eigenvalue weighted by atomic mass is 32.2. The van der Waals surface area contributed by atoms with Crippen LogP contribution < -0.4 is 10.0 Å². The lowest BCUT2D eigenvalue weighted by Crippen LogP contribution is -2.16. The summed E-state index contributed by atoms with van der Waals surface area (Å²) in [7, 11) is -3.22. The summed E-state index contributed by atoms with van der Waals surface area (Å²) in [6.07, 6.45) is 6.46. The molecule has 0 atom stereocenters. The minimum Gasteiger partial charge on any atom is -0.367 e. The van der Waals surface area contributed by atoms with Crippen molar-refractivity contribution in [2.45, 2.75) is 38.6 Å². The monoisotopic (exact) mass is 269 g/mol. The van der Waals surface area contributed by atoms with E-state index < -0.39 is 10.0 Å². The molecule has 6 heteroatoms. The van der Waals surface area contributed by atoms with Crippen LogP contribution >= 0.6 is 0 Å². The van der Waals surface area contributed by atoms with E-state index >= 15 is 0 Å². The summed E-state index contributed by atoms with van der Waals surface area (Å²) in [6.45, 7) is 1.60. The standard InChI is InChI=1S/C12H19N3O2S/c1-2-18(16,17)15-11-7-8-12(13-9-11)14-10-5-3-4-6-10/h7-10,15H,2-6H2,1H3,(H,13,14). The normalized spacial score (nSPS) is 16.7. The third-order valence-corrected chi connectivity index (χ3v) is 4.43. The van der Waals surface area contributed by atoms with Crippen molar-refractivity contribution >= 4 is 21.5 Å². The molecule has 0 unspecified atom stereocenters. The summed E-state index contributed by atoms with van der Waals surface area (Å²) in [5.74, 6) is 0.871. The predicted octanol–water partition coefficient (Wildman–Crippen LogP) is 2.20. The molecule has 0 saturated heterocycles. The van der Waals surface area contributed by atoms with Crippen LogP contribution in [0.25, 0.3) is 0 Å². The Hall–Kier alpha value is -1.30. The minimum absolute atomic E-state index is 0.0646. The summed E-state index contributed by atoms with van der Waals surface area (Å²) < 4.78 is 25.2. The molecule has 1 aromatic heterocycles. The molecule has 2 N–H and O–H groups in total. The molecule has 0 aliphatic heterocycles. The highest BCUT2D eigenvalue weighted by molar-refractivity contribution is 7.92. The molecule has 0 amide bonds. The number of aromatic nitrogens is 1. The number of hydrogen-bond acceptors (Lipinski definition) is 4. The van der Waals surface area contributed by atoms with Crippen LogP contribution in [0.4, 0.5) is 11.5 Å². The number of anilines is 2. The zero-order valence-electron chi connectivity index (χ0n) is 10.5. The fraction of sp³-hybridized carbons (Fsp3) is 0.583. The number of rotatable bonds is 5. The lowest BCUT2D eigenvalue weighted by molar-refractivity contribution is 0.602. The quantitative estimate of drug-likeness (QED) is 0.859. The maximum absolute atomic E-state index is 11.4.